The molecule has 0 aliphatic carbocycles. The van der Waals surface area contributed by atoms with Gasteiger partial charge in [0.05, 0.1) is 11.9 Å². The molecule has 1 aromatic carbocycles. The Morgan fingerprint density at radius 3 is 2.70 bits per heavy atom. The number of nitrogens with one attached hydrogen (secondary N) is 1. The van der Waals surface area contributed by atoms with Gasteiger partial charge in [0, 0.05) is 23.3 Å². The first kappa shape index (κ1) is 15.5. The van der Waals surface area contributed by atoms with E-state index in [1.54, 1.807) is 16.9 Å². The summed E-state index contributed by atoms with van der Waals surface area (Å²) in [6.07, 6.45) is 3.23. The van der Waals surface area contributed by atoms with Crippen molar-refractivity contribution in [3.8, 4) is 11.3 Å². The van der Waals surface area contributed by atoms with E-state index in [1.807, 2.05) is 44.2 Å². The minimum atomic E-state index is -0.158. The second-order valence-corrected chi connectivity index (χ2v) is 6.17. The maximum absolute atomic E-state index is 12.3. The first-order chi connectivity index (χ1) is 11.1. The first-order valence-corrected chi connectivity index (χ1v) is 7.81. The topological polar surface area (TPSA) is 59.3 Å². The minimum Gasteiger partial charge on any atom is -0.352 e. The van der Waals surface area contributed by atoms with Crippen LogP contribution in [-0.2, 0) is 0 Å². The van der Waals surface area contributed by atoms with Gasteiger partial charge in [-0.1, -0.05) is 37.6 Å². The van der Waals surface area contributed by atoms with Crippen molar-refractivity contribution in [1.82, 2.24) is 19.9 Å². The number of hydrogen-bond donors (Lipinski definition) is 1. The van der Waals surface area contributed by atoms with E-state index in [-0.39, 0.29) is 5.91 Å². The van der Waals surface area contributed by atoms with Crippen molar-refractivity contribution < 1.29 is 4.79 Å². The summed E-state index contributed by atoms with van der Waals surface area (Å²) in [5, 5.41) is 7.89. The van der Waals surface area contributed by atoms with Crippen molar-refractivity contribution in [1.29, 1.82) is 0 Å². The second kappa shape index (κ2) is 6.38. The largest absolute Gasteiger partial charge is 0.352 e. The van der Waals surface area contributed by atoms with Crippen LogP contribution in [0.15, 0.2) is 42.7 Å². The molecule has 0 saturated carbocycles. The van der Waals surface area contributed by atoms with Crippen LogP contribution < -0.4 is 5.32 Å². The lowest BCUT2D eigenvalue weighted by atomic mass is 10.1. The molecule has 118 valence electrons. The molecule has 2 aromatic heterocycles. The van der Waals surface area contributed by atoms with E-state index in [1.165, 1.54) is 0 Å². The van der Waals surface area contributed by atoms with Gasteiger partial charge in [-0.05, 0) is 24.1 Å². The van der Waals surface area contributed by atoms with Crippen molar-refractivity contribution in [3.63, 3.8) is 0 Å². The molecule has 0 radical (unpaired) electrons. The molecule has 0 aliphatic rings. The average molecular weight is 329 g/mol. The Morgan fingerprint density at radius 2 is 2.00 bits per heavy atom. The van der Waals surface area contributed by atoms with Crippen molar-refractivity contribution in [2.24, 2.45) is 5.92 Å². The monoisotopic (exact) mass is 328 g/mol. The molecule has 1 amide bonds. The zero-order chi connectivity index (χ0) is 16.4. The van der Waals surface area contributed by atoms with Gasteiger partial charge in [0.25, 0.3) is 5.91 Å². The number of aromatic nitrogens is 3. The molecule has 0 bridgehead atoms. The number of hydrogen-bond acceptors (Lipinski definition) is 3. The second-order valence-electron chi connectivity index (χ2n) is 5.73. The van der Waals surface area contributed by atoms with Gasteiger partial charge in [0.15, 0.2) is 5.65 Å². The first-order valence-electron chi connectivity index (χ1n) is 7.43. The van der Waals surface area contributed by atoms with Crippen LogP contribution in [-0.4, -0.2) is 27.0 Å². The molecular weight excluding hydrogens is 312 g/mol. The number of amides is 1. The van der Waals surface area contributed by atoms with E-state index in [4.69, 9.17) is 11.6 Å². The van der Waals surface area contributed by atoms with Gasteiger partial charge in [-0.2, -0.15) is 5.10 Å². The molecule has 0 aliphatic heterocycles. The van der Waals surface area contributed by atoms with Gasteiger partial charge in [-0.25, -0.2) is 9.50 Å². The quantitative estimate of drug-likeness (QED) is 0.798. The Balaban J connectivity index is 2.00. The molecule has 0 fully saturated rings. The highest BCUT2D eigenvalue weighted by atomic mass is 35.5. The van der Waals surface area contributed by atoms with Crippen LogP contribution in [0.2, 0.25) is 5.02 Å². The summed E-state index contributed by atoms with van der Waals surface area (Å²) >= 11 is 5.94. The fourth-order valence-corrected chi connectivity index (χ4v) is 2.41. The van der Waals surface area contributed by atoms with Crippen LogP contribution in [0.3, 0.4) is 0 Å². The van der Waals surface area contributed by atoms with E-state index in [9.17, 15) is 4.79 Å². The summed E-state index contributed by atoms with van der Waals surface area (Å²) in [6, 6.07) is 9.33. The van der Waals surface area contributed by atoms with E-state index in [0.29, 0.717) is 28.7 Å². The fourth-order valence-electron chi connectivity index (χ4n) is 2.28. The molecule has 2 heterocycles. The number of rotatable bonds is 4. The van der Waals surface area contributed by atoms with Gasteiger partial charge < -0.3 is 5.32 Å². The summed E-state index contributed by atoms with van der Waals surface area (Å²) in [5.74, 6) is 0.229. The molecule has 23 heavy (non-hydrogen) atoms. The molecule has 0 spiro atoms. The van der Waals surface area contributed by atoms with Crippen LogP contribution in [0.5, 0.6) is 0 Å². The SMILES string of the molecule is CC(C)CNC(=O)c1cnn2c(-c3ccc(Cl)cc3)ccnc12. The normalized spacial score (nSPS) is 11.1. The van der Waals surface area contributed by atoms with Crippen molar-refractivity contribution in [2.75, 3.05) is 6.54 Å². The lowest BCUT2D eigenvalue weighted by Gasteiger charge is -2.07. The van der Waals surface area contributed by atoms with Gasteiger partial charge in [0.2, 0.25) is 0 Å². The maximum atomic E-state index is 12.3. The minimum absolute atomic E-state index is 0.158. The zero-order valence-electron chi connectivity index (χ0n) is 13.0. The highest BCUT2D eigenvalue weighted by molar-refractivity contribution is 6.30. The van der Waals surface area contributed by atoms with E-state index in [2.05, 4.69) is 15.4 Å². The van der Waals surface area contributed by atoms with E-state index < -0.39 is 0 Å². The number of nitrogens with zero attached hydrogens (tertiary/aromatic N) is 3. The van der Waals surface area contributed by atoms with Crippen molar-refractivity contribution in [3.05, 3.63) is 53.3 Å². The Labute approximate surface area is 139 Å². The smallest absolute Gasteiger partial charge is 0.256 e. The molecule has 0 saturated heterocycles. The van der Waals surface area contributed by atoms with Crippen LogP contribution in [0.1, 0.15) is 24.2 Å². The molecule has 5 nitrogen and oxygen atoms in total. The Hall–Kier alpha value is -2.40. The third-order valence-electron chi connectivity index (χ3n) is 3.46. The van der Waals surface area contributed by atoms with Crippen molar-refractivity contribution in [2.45, 2.75) is 13.8 Å². The summed E-state index contributed by atoms with van der Waals surface area (Å²) in [7, 11) is 0. The van der Waals surface area contributed by atoms with E-state index >= 15 is 0 Å². The third-order valence-corrected chi connectivity index (χ3v) is 3.71. The molecule has 0 atom stereocenters. The van der Waals surface area contributed by atoms with Crippen LogP contribution in [0.25, 0.3) is 16.9 Å². The molecule has 0 unspecified atom stereocenters. The predicted molar refractivity (Wildman–Crippen MR) is 90.6 cm³/mol. The maximum Gasteiger partial charge on any atom is 0.256 e. The van der Waals surface area contributed by atoms with Gasteiger partial charge >= 0.3 is 0 Å². The Bertz CT molecular complexity index is 839. The molecule has 1 N–H and O–H groups in total. The Kier molecular flexibility index (Phi) is 4.30. The third kappa shape index (κ3) is 3.19. The molecule has 6 heteroatoms. The number of fused-ring (bicyclic) bond motifs is 1. The molecule has 3 aromatic rings. The number of carbonyl (C=O) groups is 1. The van der Waals surface area contributed by atoms with Crippen molar-refractivity contribution >= 4 is 23.2 Å². The lowest BCUT2D eigenvalue weighted by molar-refractivity contribution is 0.0950. The van der Waals surface area contributed by atoms with E-state index in [0.717, 1.165) is 11.3 Å². The van der Waals surface area contributed by atoms with Crippen LogP contribution in [0, 0.1) is 5.92 Å². The summed E-state index contributed by atoms with van der Waals surface area (Å²) < 4.78 is 1.67. The molecular formula is C17H17ClN4O. The predicted octanol–water partition coefficient (Wildman–Crippen LogP) is 3.44. The van der Waals surface area contributed by atoms with Crippen LogP contribution in [0.4, 0.5) is 0 Å². The highest BCUT2D eigenvalue weighted by Gasteiger charge is 2.16. The van der Waals surface area contributed by atoms with Gasteiger partial charge in [-0.15, -0.1) is 0 Å². The summed E-state index contributed by atoms with van der Waals surface area (Å²) in [4.78, 5) is 16.6. The lowest BCUT2D eigenvalue weighted by Crippen LogP contribution is -2.27. The summed E-state index contributed by atoms with van der Waals surface area (Å²) in [6.45, 7) is 4.72. The van der Waals surface area contributed by atoms with Gasteiger partial charge in [0.1, 0.15) is 5.56 Å². The highest BCUT2D eigenvalue weighted by Crippen LogP contribution is 2.22. The average Bonchev–Trinajstić information content (AvgIpc) is 2.97. The number of halogens is 1. The Morgan fingerprint density at radius 1 is 1.26 bits per heavy atom. The summed E-state index contributed by atoms with van der Waals surface area (Å²) in [5.41, 5.74) is 2.83. The number of benzene rings is 1. The zero-order valence-corrected chi connectivity index (χ0v) is 13.7. The number of carbonyl (C=O) groups excluding carboxylic acids is 1. The van der Waals surface area contributed by atoms with Gasteiger partial charge in [-0.3, -0.25) is 4.79 Å². The standard InChI is InChI=1S/C17H17ClN4O/c1-11(2)9-20-17(23)14-10-21-22-15(7-8-19-16(14)22)12-3-5-13(18)6-4-12/h3-8,10-11H,9H2,1-2H3,(H,20,23). The van der Waals surface area contributed by atoms with Crippen LogP contribution >= 0.6 is 11.6 Å². The molecule has 3 rings (SSSR count). The fraction of sp³-hybridized carbons (Fsp3) is 0.235.